The molecule has 0 heterocycles. The van der Waals surface area contributed by atoms with Gasteiger partial charge in [-0.1, -0.05) is 0 Å². The molecular formula is C14H23NO7. The SMILES string of the molecule is CCOC(=O)CC(=O)CC(C)(NC(=O)OC(C)(C)C)C(=O)O. The summed E-state index contributed by atoms with van der Waals surface area (Å²) in [5.41, 5.74) is -2.68. The largest absolute Gasteiger partial charge is 0.480 e. The van der Waals surface area contributed by atoms with Gasteiger partial charge < -0.3 is 19.9 Å². The molecule has 0 spiro atoms. The molecule has 0 aromatic carbocycles. The van der Waals surface area contributed by atoms with Crippen molar-refractivity contribution in [3.63, 3.8) is 0 Å². The maximum atomic E-state index is 11.8. The van der Waals surface area contributed by atoms with Crippen molar-refractivity contribution in [1.82, 2.24) is 5.32 Å². The molecule has 0 aliphatic carbocycles. The number of aliphatic carboxylic acids is 1. The van der Waals surface area contributed by atoms with Crippen LogP contribution in [-0.2, 0) is 23.9 Å². The molecule has 1 unspecified atom stereocenters. The van der Waals surface area contributed by atoms with Crippen LogP contribution in [0, 0.1) is 0 Å². The molecule has 0 aliphatic heterocycles. The van der Waals surface area contributed by atoms with Crippen LogP contribution in [0.25, 0.3) is 0 Å². The van der Waals surface area contributed by atoms with Gasteiger partial charge in [0.2, 0.25) is 0 Å². The zero-order chi connectivity index (χ0) is 17.6. The summed E-state index contributed by atoms with van der Waals surface area (Å²) in [7, 11) is 0. The fourth-order valence-electron chi connectivity index (χ4n) is 1.53. The molecule has 0 radical (unpaired) electrons. The lowest BCUT2D eigenvalue weighted by atomic mass is 9.94. The van der Waals surface area contributed by atoms with E-state index in [2.05, 4.69) is 10.1 Å². The van der Waals surface area contributed by atoms with Crippen LogP contribution in [-0.4, -0.2) is 46.7 Å². The first-order valence-corrected chi connectivity index (χ1v) is 6.81. The predicted octanol–water partition coefficient (Wildman–Crippen LogP) is 1.27. The summed E-state index contributed by atoms with van der Waals surface area (Å²) in [6, 6.07) is 0. The number of alkyl carbamates (subject to hydrolysis) is 1. The van der Waals surface area contributed by atoms with E-state index < -0.39 is 47.8 Å². The Morgan fingerprint density at radius 3 is 2.05 bits per heavy atom. The lowest BCUT2D eigenvalue weighted by Gasteiger charge is -2.27. The average molecular weight is 317 g/mol. The summed E-state index contributed by atoms with van der Waals surface area (Å²) in [5.74, 6) is -2.80. The van der Waals surface area contributed by atoms with E-state index in [0.29, 0.717) is 0 Å². The molecule has 2 N–H and O–H groups in total. The van der Waals surface area contributed by atoms with Crippen LogP contribution in [0.1, 0.15) is 47.5 Å². The molecule has 8 nitrogen and oxygen atoms in total. The fourth-order valence-corrected chi connectivity index (χ4v) is 1.53. The third kappa shape index (κ3) is 7.61. The van der Waals surface area contributed by atoms with E-state index in [4.69, 9.17) is 4.74 Å². The molecule has 0 rings (SSSR count). The zero-order valence-electron chi connectivity index (χ0n) is 13.5. The second kappa shape index (κ2) is 7.77. The van der Waals surface area contributed by atoms with Crippen molar-refractivity contribution in [2.24, 2.45) is 0 Å². The highest BCUT2D eigenvalue weighted by atomic mass is 16.6. The zero-order valence-corrected chi connectivity index (χ0v) is 13.5. The van der Waals surface area contributed by atoms with Crippen molar-refractivity contribution in [1.29, 1.82) is 0 Å². The number of carboxylic acids is 1. The van der Waals surface area contributed by atoms with Crippen LogP contribution in [0.15, 0.2) is 0 Å². The highest BCUT2D eigenvalue weighted by Crippen LogP contribution is 2.15. The summed E-state index contributed by atoms with van der Waals surface area (Å²) >= 11 is 0. The number of carboxylic acid groups (broad SMARTS) is 1. The smallest absolute Gasteiger partial charge is 0.408 e. The second-order valence-corrected chi connectivity index (χ2v) is 5.96. The van der Waals surface area contributed by atoms with Crippen LogP contribution in [0.4, 0.5) is 4.79 Å². The molecular weight excluding hydrogens is 294 g/mol. The first-order chi connectivity index (χ1) is 9.89. The van der Waals surface area contributed by atoms with Crippen molar-refractivity contribution in [2.75, 3.05) is 6.61 Å². The van der Waals surface area contributed by atoms with Crippen LogP contribution in [0.2, 0.25) is 0 Å². The molecule has 126 valence electrons. The molecule has 0 aromatic heterocycles. The first-order valence-electron chi connectivity index (χ1n) is 6.81. The Morgan fingerprint density at radius 2 is 1.64 bits per heavy atom. The van der Waals surface area contributed by atoms with Crippen LogP contribution in [0.3, 0.4) is 0 Å². The van der Waals surface area contributed by atoms with E-state index in [1.165, 1.54) is 6.92 Å². The Bertz CT molecular complexity index is 453. The standard InChI is InChI=1S/C14H23NO7/c1-6-21-10(17)7-9(16)8-14(5,11(18)19)15-12(20)22-13(2,3)4/h6-8H2,1-5H3,(H,15,20)(H,18,19). The quantitative estimate of drug-likeness (QED) is 0.536. The fraction of sp³-hybridized carbons (Fsp3) is 0.714. The summed E-state index contributed by atoms with van der Waals surface area (Å²) in [4.78, 5) is 46.0. The minimum Gasteiger partial charge on any atom is -0.480 e. The number of nitrogens with one attached hydrogen (secondary N) is 1. The lowest BCUT2D eigenvalue weighted by molar-refractivity contribution is -0.149. The molecule has 0 saturated carbocycles. The number of esters is 1. The minimum atomic E-state index is -1.87. The van der Waals surface area contributed by atoms with Gasteiger partial charge in [-0.2, -0.15) is 0 Å². The van der Waals surface area contributed by atoms with Gasteiger partial charge in [-0.25, -0.2) is 9.59 Å². The molecule has 0 fully saturated rings. The van der Waals surface area contributed by atoms with E-state index in [1.807, 2.05) is 0 Å². The maximum Gasteiger partial charge on any atom is 0.408 e. The van der Waals surface area contributed by atoms with Gasteiger partial charge in [0, 0.05) is 6.42 Å². The van der Waals surface area contributed by atoms with E-state index in [-0.39, 0.29) is 6.61 Å². The van der Waals surface area contributed by atoms with Gasteiger partial charge in [0.1, 0.15) is 23.3 Å². The van der Waals surface area contributed by atoms with Crippen LogP contribution < -0.4 is 5.32 Å². The van der Waals surface area contributed by atoms with Gasteiger partial charge >= 0.3 is 18.0 Å². The number of carbonyl (C=O) groups is 4. The van der Waals surface area contributed by atoms with Crippen molar-refractivity contribution in [2.45, 2.75) is 58.6 Å². The summed E-state index contributed by atoms with van der Waals surface area (Å²) in [5, 5.41) is 11.4. The summed E-state index contributed by atoms with van der Waals surface area (Å²) in [6.45, 7) is 7.75. The topological polar surface area (TPSA) is 119 Å². The first kappa shape index (κ1) is 19.9. The lowest BCUT2D eigenvalue weighted by Crippen LogP contribution is -2.54. The Balaban J connectivity index is 4.82. The van der Waals surface area contributed by atoms with Crippen molar-refractivity contribution in [3.8, 4) is 0 Å². The molecule has 0 bridgehead atoms. The van der Waals surface area contributed by atoms with Gasteiger partial charge in [-0.05, 0) is 34.6 Å². The van der Waals surface area contributed by atoms with Gasteiger partial charge in [0.05, 0.1) is 6.61 Å². The number of carbonyl (C=O) groups excluding carboxylic acids is 3. The van der Waals surface area contributed by atoms with Gasteiger partial charge in [0.25, 0.3) is 0 Å². The molecule has 0 saturated heterocycles. The number of ether oxygens (including phenoxy) is 2. The van der Waals surface area contributed by atoms with E-state index in [9.17, 15) is 24.3 Å². The molecule has 22 heavy (non-hydrogen) atoms. The average Bonchev–Trinajstić information content (AvgIpc) is 2.24. The number of hydrogen-bond acceptors (Lipinski definition) is 6. The van der Waals surface area contributed by atoms with Gasteiger partial charge in [-0.15, -0.1) is 0 Å². The van der Waals surface area contributed by atoms with Crippen LogP contribution in [0.5, 0.6) is 0 Å². The third-order valence-electron chi connectivity index (χ3n) is 2.45. The number of amides is 1. The Kier molecular flexibility index (Phi) is 7.02. The Morgan fingerprint density at radius 1 is 1.09 bits per heavy atom. The highest BCUT2D eigenvalue weighted by molar-refractivity contribution is 5.99. The van der Waals surface area contributed by atoms with Crippen LogP contribution >= 0.6 is 0 Å². The number of rotatable bonds is 7. The molecule has 0 aliphatic rings. The molecule has 0 aromatic rings. The molecule has 8 heteroatoms. The van der Waals surface area contributed by atoms with E-state index >= 15 is 0 Å². The number of hydrogen-bond donors (Lipinski definition) is 2. The Hall–Kier alpha value is -2.12. The number of ketones is 1. The molecule has 1 atom stereocenters. The summed E-state index contributed by atoms with van der Waals surface area (Å²) < 4.78 is 9.58. The van der Waals surface area contributed by atoms with Gasteiger partial charge in [-0.3, -0.25) is 9.59 Å². The van der Waals surface area contributed by atoms with Gasteiger partial charge in [0.15, 0.2) is 0 Å². The third-order valence-corrected chi connectivity index (χ3v) is 2.45. The van der Waals surface area contributed by atoms with E-state index in [1.54, 1.807) is 27.7 Å². The maximum absolute atomic E-state index is 11.8. The normalized spacial score (nSPS) is 13.7. The second-order valence-electron chi connectivity index (χ2n) is 5.96. The monoisotopic (exact) mass is 317 g/mol. The minimum absolute atomic E-state index is 0.123. The summed E-state index contributed by atoms with van der Waals surface area (Å²) in [6.07, 6.45) is -2.06. The molecule has 1 amide bonds. The highest BCUT2D eigenvalue weighted by Gasteiger charge is 2.38. The predicted molar refractivity (Wildman–Crippen MR) is 76.3 cm³/mol. The number of Topliss-reactive ketones (excluding diaryl/α,β-unsaturated/α-hetero) is 1. The van der Waals surface area contributed by atoms with Crippen molar-refractivity contribution >= 4 is 23.8 Å². The van der Waals surface area contributed by atoms with E-state index in [0.717, 1.165) is 0 Å². The Labute approximate surface area is 129 Å². The van der Waals surface area contributed by atoms with Crippen molar-refractivity contribution < 1.29 is 33.8 Å². The van der Waals surface area contributed by atoms with Crippen molar-refractivity contribution in [3.05, 3.63) is 0 Å².